The minimum absolute atomic E-state index is 0.0511. The molecule has 3 aromatic rings. The van der Waals surface area contributed by atoms with Crippen LogP contribution >= 0.6 is 0 Å². The summed E-state index contributed by atoms with van der Waals surface area (Å²) in [5.41, 5.74) is 1.38. The molecule has 1 aromatic heterocycles. The lowest BCUT2D eigenvalue weighted by Crippen LogP contribution is -2.32. The monoisotopic (exact) mass is 367 g/mol. The molecule has 4 rings (SSSR count). The van der Waals surface area contributed by atoms with Gasteiger partial charge in [-0.05, 0) is 48.5 Å². The molecular weight excluding hydrogens is 352 g/mol. The van der Waals surface area contributed by atoms with E-state index in [0.29, 0.717) is 22.7 Å². The van der Waals surface area contributed by atoms with Gasteiger partial charge in [0.1, 0.15) is 17.4 Å². The van der Waals surface area contributed by atoms with Gasteiger partial charge in [-0.1, -0.05) is 0 Å². The van der Waals surface area contributed by atoms with E-state index in [1.807, 2.05) is 0 Å². The molecule has 1 N–H and O–H groups in total. The molecule has 1 aliphatic rings. The lowest BCUT2D eigenvalue weighted by atomic mass is 10.2. The van der Waals surface area contributed by atoms with E-state index in [2.05, 4.69) is 10.3 Å². The standard InChI is InChI=1S/C20H15F2N3O2/c1-27-14-7-5-13(6-8-14)25-19(18-15(20(25)26)3-2-10-23-18)24-17-11-12(21)4-9-16(17)22/h2-11,19,24H,1H3/t19-/m0/s1. The molecule has 136 valence electrons. The molecule has 0 aliphatic carbocycles. The van der Waals surface area contributed by atoms with Crippen LogP contribution in [0, 0.1) is 11.6 Å². The van der Waals surface area contributed by atoms with Gasteiger partial charge in [-0.15, -0.1) is 0 Å². The van der Waals surface area contributed by atoms with Crippen molar-refractivity contribution in [3.05, 3.63) is 83.7 Å². The maximum atomic E-state index is 14.2. The van der Waals surface area contributed by atoms with Crippen LogP contribution < -0.4 is 15.0 Å². The third-order valence-electron chi connectivity index (χ3n) is 4.38. The molecule has 1 atom stereocenters. The number of hydrogen-bond acceptors (Lipinski definition) is 4. The predicted octanol–water partition coefficient (Wildman–Crippen LogP) is 4.14. The highest BCUT2D eigenvalue weighted by molar-refractivity contribution is 6.11. The van der Waals surface area contributed by atoms with Crippen LogP contribution in [0.1, 0.15) is 22.2 Å². The van der Waals surface area contributed by atoms with Crippen molar-refractivity contribution in [3.63, 3.8) is 0 Å². The van der Waals surface area contributed by atoms with Crippen LogP contribution in [0.25, 0.3) is 0 Å². The minimum Gasteiger partial charge on any atom is -0.497 e. The van der Waals surface area contributed by atoms with Crippen molar-refractivity contribution in [2.24, 2.45) is 0 Å². The maximum Gasteiger partial charge on any atom is 0.262 e. The van der Waals surface area contributed by atoms with E-state index in [1.54, 1.807) is 49.7 Å². The summed E-state index contributed by atoms with van der Waals surface area (Å²) in [5.74, 6) is -0.845. The van der Waals surface area contributed by atoms with Crippen LogP contribution in [-0.4, -0.2) is 18.0 Å². The SMILES string of the molecule is COc1ccc(N2C(=O)c3cccnc3[C@H]2Nc2cc(F)ccc2F)cc1. The third kappa shape index (κ3) is 2.97. The van der Waals surface area contributed by atoms with Gasteiger partial charge in [-0.3, -0.25) is 14.7 Å². The first-order valence-corrected chi connectivity index (χ1v) is 8.22. The summed E-state index contributed by atoms with van der Waals surface area (Å²) in [7, 11) is 1.55. The van der Waals surface area contributed by atoms with Gasteiger partial charge < -0.3 is 10.1 Å². The normalized spacial score (nSPS) is 15.6. The van der Waals surface area contributed by atoms with E-state index >= 15 is 0 Å². The number of nitrogens with one attached hydrogen (secondary N) is 1. The molecular formula is C20H15F2N3O2. The predicted molar refractivity (Wildman–Crippen MR) is 96.8 cm³/mol. The van der Waals surface area contributed by atoms with Crippen LogP contribution in [0.3, 0.4) is 0 Å². The lowest BCUT2D eigenvalue weighted by molar-refractivity contribution is 0.0993. The number of rotatable bonds is 4. The second-order valence-electron chi connectivity index (χ2n) is 5.98. The van der Waals surface area contributed by atoms with E-state index in [1.165, 1.54) is 4.90 Å². The molecule has 1 aliphatic heterocycles. The smallest absolute Gasteiger partial charge is 0.262 e. The number of fused-ring (bicyclic) bond motifs is 1. The number of hydrogen-bond donors (Lipinski definition) is 1. The summed E-state index contributed by atoms with van der Waals surface area (Å²) in [6, 6.07) is 13.3. The van der Waals surface area contributed by atoms with Crippen molar-refractivity contribution in [1.82, 2.24) is 4.98 Å². The minimum atomic E-state index is -0.779. The number of nitrogens with zero attached hydrogens (tertiary/aromatic N) is 2. The largest absolute Gasteiger partial charge is 0.497 e. The second kappa shape index (κ2) is 6.68. The zero-order valence-corrected chi connectivity index (χ0v) is 14.3. The number of carbonyl (C=O) groups is 1. The summed E-state index contributed by atoms with van der Waals surface area (Å²) in [4.78, 5) is 18.7. The lowest BCUT2D eigenvalue weighted by Gasteiger charge is -2.26. The molecule has 2 heterocycles. The van der Waals surface area contributed by atoms with Crippen LogP contribution in [0.15, 0.2) is 60.8 Å². The summed E-state index contributed by atoms with van der Waals surface area (Å²) < 4.78 is 32.9. The van der Waals surface area contributed by atoms with Crippen LogP contribution in [-0.2, 0) is 0 Å². The van der Waals surface area contributed by atoms with E-state index < -0.39 is 17.8 Å². The Kier molecular flexibility index (Phi) is 4.19. The number of benzene rings is 2. The van der Waals surface area contributed by atoms with Gasteiger partial charge >= 0.3 is 0 Å². The van der Waals surface area contributed by atoms with E-state index in [-0.39, 0.29) is 11.6 Å². The number of halogens is 2. The van der Waals surface area contributed by atoms with E-state index in [9.17, 15) is 13.6 Å². The zero-order chi connectivity index (χ0) is 19.0. The molecule has 27 heavy (non-hydrogen) atoms. The maximum absolute atomic E-state index is 14.2. The highest BCUT2D eigenvalue weighted by Crippen LogP contribution is 2.37. The van der Waals surface area contributed by atoms with E-state index in [0.717, 1.165) is 18.2 Å². The number of anilines is 2. The highest BCUT2D eigenvalue weighted by atomic mass is 19.1. The van der Waals surface area contributed by atoms with Crippen molar-refractivity contribution < 1.29 is 18.3 Å². The fourth-order valence-electron chi connectivity index (χ4n) is 3.08. The Bertz CT molecular complexity index is 1010. The Hall–Kier alpha value is -3.48. The molecule has 0 bridgehead atoms. The summed E-state index contributed by atoms with van der Waals surface area (Å²) in [6.07, 6.45) is 0.777. The molecule has 5 nitrogen and oxygen atoms in total. The highest BCUT2D eigenvalue weighted by Gasteiger charge is 2.39. The number of methoxy groups -OCH3 is 1. The number of amides is 1. The number of ether oxygens (including phenoxy) is 1. The van der Waals surface area contributed by atoms with Crippen molar-refractivity contribution >= 4 is 17.3 Å². The topological polar surface area (TPSA) is 54.5 Å². The first kappa shape index (κ1) is 17.0. The second-order valence-corrected chi connectivity index (χ2v) is 5.98. The number of aromatic nitrogens is 1. The van der Waals surface area contributed by atoms with Crippen molar-refractivity contribution in [2.45, 2.75) is 6.17 Å². The molecule has 1 amide bonds. The first-order valence-electron chi connectivity index (χ1n) is 8.22. The van der Waals surface area contributed by atoms with Crippen LogP contribution in [0.4, 0.5) is 20.2 Å². The Morgan fingerprint density at radius 3 is 2.63 bits per heavy atom. The fourth-order valence-corrected chi connectivity index (χ4v) is 3.08. The molecule has 0 fully saturated rings. The van der Waals surface area contributed by atoms with Crippen molar-refractivity contribution in [3.8, 4) is 5.75 Å². The Balaban J connectivity index is 1.78. The number of carbonyl (C=O) groups excluding carboxylic acids is 1. The van der Waals surface area contributed by atoms with Gasteiger partial charge in [0, 0.05) is 18.0 Å². The third-order valence-corrected chi connectivity index (χ3v) is 4.38. The Morgan fingerprint density at radius 1 is 1.11 bits per heavy atom. The average molecular weight is 367 g/mol. The average Bonchev–Trinajstić information content (AvgIpc) is 2.97. The fraction of sp³-hybridized carbons (Fsp3) is 0.100. The Morgan fingerprint density at radius 2 is 1.89 bits per heavy atom. The molecule has 2 aromatic carbocycles. The molecule has 7 heteroatoms. The first-order chi connectivity index (χ1) is 13.1. The van der Waals surface area contributed by atoms with Crippen LogP contribution in [0.5, 0.6) is 5.75 Å². The van der Waals surface area contributed by atoms with Crippen molar-refractivity contribution in [1.29, 1.82) is 0 Å². The zero-order valence-electron chi connectivity index (χ0n) is 14.3. The molecule has 0 spiro atoms. The van der Waals surface area contributed by atoms with Gasteiger partial charge in [-0.2, -0.15) is 0 Å². The molecule has 0 radical (unpaired) electrons. The molecule has 0 unspecified atom stereocenters. The Labute approximate surface area is 154 Å². The molecule has 0 saturated carbocycles. The van der Waals surface area contributed by atoms with Gasteiger partial charge in [0.15, 0.2) is 6.17 Å². The van der Waals surface area contributed by atoms with Gasteiger partial charge in [-0.25, -0.2) is 8.78 Å². The summed E-state index contributed by atoms with van der Waals surface area (Å²) >= 11 is 0. The van der Waals surface area contributed by atoms with Gasteiger partial charge in [0.25, 0.3) is 5.91 Å². The van der Waals surface area contributed by atoms with Crippen LogP contribution in [0.2, 0.25) is 0 Å². The quantitative estimate of drug-likeness (QED) is 0.753. The molecule has 0 saturated heterocycles. The van der Waals surface area contributed by atoms with Gasteiger partial charge in [0.2, 0.25) is 0 Å². The summed E-state index contributed by atoms with van der Waals surface area (Å²) in [5, 5.41) is 2.91. The van der Waals surface area contributed by atoms with E-state index in [4.69, 9.17) is 4.74 Å². The summed E-state index contributed by atoms with van der Waals surface area (Å²) in [6.45, 7) is 0. The van der Waals surface area contributed by atoms with Crippen molar-refractivity contribution in [2.75, 3.05) is 17.3 Å². The van der Waals surface area contributed by atoms with Gasteiger partial charge in [0.05, 0.1) is 24.1 Å². The number of pyridine rings is 1.